The molecule has 2 heterocycles. The number of hydrogen-bond acceptors (Lipinski definition) is 5. The van der Waals surface area contributed by atoms with E-state index in [2.05, 4.69) is 10.3 Å². The van der Waals surface area contributed by atoms with Gasteiger partial charge in [0.25, 0.3) is 5.91 Å². The van der Waals surface area contributed by atoms with Crippen molar-refractivity contribution in [3.05, 3.63) is 53.7 Å². The minimum Gasteiger partial charge on any atom is -0.378 e. The SMILES string of the molecule is Cc1ccc(NC(=O)CN(C)C(=O)c2cccnc2N2CCOCC2)cc1. The molecule has 0 aliphatic carbocycles. The van der Waals surface area contributed by atoms with Crippen LogP contribution in [0.4, 0.5) is 11.5 Å². The summed E-state index contributed by atoms with van der Waals surface area (Å²) in [6.45, 7) is 4.55. The van der Waals surface area contributed by atoms with Crippen LogP contribution >= 0.6 is 0 Å². The topological polar surface area (TPSA) is 74.8 Å². The molecule has 0 unspecified atom stereocenters. The molecule has 1 aromatic heterocycles. The molecule has 1 aliphatic rings. The van der Waals surface area contributed by atoms with Gasteiger partial charge in [0.2, 0.25) is 5.91 Å². The van der Waals surface area contributed by atoms with E-state index in [9.17, 15) is 9.59 Å². The number of benzene rings is 1. The van der Waals surface area contributed by atoms with Gasteiger partial charge in [-0.3, -0.25) is 9.59 Å². The predicted octanol–water partition coefficient (Wildman–Crippen LogP) is 1.94. The number of likely N-dealkylation sites (N-methyl/N-ethyl adjacent to an activating group) is 1. The molecule has 0 atom stereocenters. The molecule has 1 saturated heterocycles. The Morgan fingerprint density at radius 3 is 2.59 bits per heavy atom. The molecular weight excluding hydrogens is 344 g/mol. The Morgan fingerprint density at radius 2 is 1.89 bits per heavy atom. The van der Waals surface area contributed by atoms with E-state index in [-0.39, 0.29) is 18.4 Å². The van der Waals surface area contributed by atoms with Crippen molar-refractivity contribution in [3.8, 4) is 0 Å². The minimum absolute atomic E-state index is 0.0375. The van der Waals surface area contributed by atoms with Crippen molar-refractivity contribution < 1.29 is 14.3 Å². The second-order valence-corrected chi connectivity index (χ2v) is 6.55. The number of aromatic nitrogens is 1. The van der Waals surface area contributed by atoms with Gasteiger partial charge >= 0.3 is 0 Å². The average molecular weight is 368 g/mol. The van der Waals surface area contributed by atoms with Gasteiger partial charge in [0.1, 0.15) is 5.82 Å². The zero-order valence-electron chi connectivity index (χ0n) is 15.6. The summed E-state index contributed by atoms with van der Waals surface area (Å²) in [7, 11) is 1.62. The Kier molecular flexibility index (Phi) is 6.03. The number of pyridine rings is 1. The Hall–Kier alpha value is -2.93. The highest BCUT2D eigenvalue weighted by Crippen LogP contribution is 2.20. The van der Waals surface area contributed by atoms with Crippen molar-refractivity contribution in [2.24, 2.45) is 0 Å². The van der Waals surface area contributed by atoms with Crippen molar-refractivity contribution >= 4 is 23.3 Å². The second-order valence-electron chi connectivity index (χ2n) is 6.55. The Bertz CT molecular complexity index is 801. The molecular formula is C20H24N4O3. The van der Waals surface area contributed by atoms with Gasteiger partial charge in [-0.2, -0.15) is 0 Å². The normalized spacial score (nSPS) is 13.9. The predicted molar refractivity (Wildman–Crippen MR) is 104 cm³/mol. The summed E-state index contributed by atoms with van der Waals surface area (Å²) in [6, 6.07) is 11.0. The first-order valence-electron chi connectivity index (χ1n) is 8.94. The summed E-state index contributed by atoms with van der Waals surface area (Å²) in [5, 5.41) is 2.81. The molecule has 0 saturated carbocycles. The molecule has 1 aromatic carbocycles. The van der Waals surface area contributed by atoms with Crippen molar-refractivity contribution in [1.82, 2.24) is 9.88 Å². The van der Waals surface area contributed by atoms with E-state index in [1.807, 2.05) is 36.1 Å². The van der Waals surface area contributed by atoms with Crippen molar-refractivity contribution in [2.45, 2.75) is 6.92 Å². The molecule has 3 rings (SSSR count). The maximum atomic E-state index is 12.9. The Balaban J connectivity index is 1.66. The van der Waals surface area contributed by atoms with Crippen LogP contribution in [0, 0.1) is 6.92 Å². The first-order valence-corrected chi connectivity index (χ1v) is 8.94. The fraction of sp³-hybridized carbons (Fsp3) is 0.350. The second kappa shape index (κ2) is 8.64. The Labute approximate surface area is 158 Å². The molecule has 1 aliphatic heterocycles. The average Bonchev–Trinajstić information content (AvgIpc) is 2.69. The lowest BCUT2D eigenvalue weighted by Gasteiger charge is -2.29. The summed E-state index contributed by atoms with van der Waals surface area (Å²) >= 11 is 0. The number of amides is 2. The maximum Gasteiger partial charge on any atom is 0.257 e. The summed E-state index contributed by atoms with van der Waals surface area (Å²) in [5.74, 6) is 0.159. The van der Waals surface area contributed by atoms with Crippen LogP contribution < -0.4 is 10.2 Å². The molecule has 27 heavy (non-hydrogen) atoms. The number of rotatable bonds is 5. The lowest BCUT2D eigenvalue weighted by Crippen LogP contribution is -2.40. The third kappa shape index (κ3) is 4.83. The highest BCUT2D eigenvalue weighted by Gasteiger charge is 2.23. The molecule has 2 amide bonds. The van der Waals surface area contributed by atoms with Crippen LogP contribution in [0.5, 0.6) is 0 Å². The number of morpholine rings is 1. The minimum atomic E-state index is -0.244. The van der Waals surface area contributed by atoms with Crippen LogP contribution in [0.2, 0.25) is 0 Å². The maximum absolute atomic E-state index is 12.9. The molecule has 7 nitrogen and oxygen atoms in total. The molecule has 2 aromatic rings. The van der Waals surface area contributed by atoms with E-state index in [4.69, 9.17) is 4.74 Å². The number of carbonyl (C=O) groups is 2. The summed E-state index contributed by atoms with van der Waals surface area (Å²) in [5.41, 5.74) is 2.32. The third-order valence-corrected chi connectivity index (χ3v) is 4.39. The van der Waals surface area contributed by atoms with Gasteiger partial charge in [0, 0.05) is 32.0 Å². The van der Waals surface area contributed by atoms with Gasteiger partial charge in [-0.1, -0.05) is 17.7 Å². The van der Waals surface area contributed by atoms with Gasteiger partial charge in [0.05, 0.1) is 25.3 Å². The molecule has 1 fully saturated rings. The number of nitrogens with zero attached hydrogens (tertiary/aromatic N) is 3. The van der Waals surface area contributed by atoms with Gasteiger partial charge in [-0.15, -0.1) is 0 Å². The molecule has 0 radical (unpaired) electrons. The summed E-state index contributed by atoms with van der Waals surface area (Å²) in [6.07, 6.45) is 1.67. The number of carbonyl (C=O) groups excluding carboxylic acids is 2. The number of anilines is 2. The number of nitrogens with one attached hydrogen (secondary N) is 1. The van der Waals surface area contributed by atoms with Gasteiger partial charge in [0.15, 0.2) is 0 Å². The highest BCUT2D eigenvalue weighted by atomic mass is 16.5. The highest BCUT2D eigenvalue weighted by molar-refractivity contribution is 6.02. The monoisotopic (exact) mass is 368 g/mol. The van der Waals surface area contributed by atoms with E-state index in [0.29, 0.717) is 43.4 Å². The van der Waals surface area contributed by atoms with E-state index in [1.165, 1.54) is 4.90 Å². The zero-order chi connectivity index (χ0) is 19.2. The smallest absolute Gasteiger partial charge is 0.257 e. The van der Waals surface area contributed by atoms with Crippen LogP contribution in [0.3, 0.4) is 0 Å². The lowest BCUT2D eigenvalue weighted by molar-refractivity contribution is -0.116. The number of ether oxygens (including phenoxy) is 1. The van der Waals surface area contributed by atoms with E-state index < -0.39 is 0 Å². The fourth-order valence-corrected chi connectivity index (χ4v) is 2.92. The molecule has 0 bridgehead atoms. The standard InChI is InChI=1S/C20H24N4O3/c1-15-5-7-16(8-6-15)22-18(25)14-23(2)20(26)17-4-3-9-21-19(17)24-10-12-27-13-11-24/h3-9H,10-14H2,1-2H3,(H,22,25). The van der Waals surface area contributed by atoms with Gasteiger partial charge in [-0.25, -0.2) is 4.98 Å². The first-order chi connectivity index (χ1) is 13.0. The van der Waals surface area contributed by atoms with Crippen LogP contribution in [0.25, 0.3) is 0 Å². The lowest BCUT2D eigenvalue weighted by atomic mass is 10.2. The summed E-state index contributed by atoms with van der Waals surface area (Å²) < 4.78 is 5.37. The zero-order valence-corrected chi connectivity index (χ0v) is 15.6. The van der Waals surface area contributed by atoms with Crippen LogP contribution in [-0.4, -0.2) is 61.6 Å². The Morgan fingerprint density at radius 1 is 1.19 bits per heavy atom. The van der Waals surface area contributed by atoms with Crippen molar-refractivity contribution in [1.29, 1.82) is 0 Å². The molecule has 142 valence electrons. The fourth-order valence-electron chi connectivity index (χ4n) is 2.92. The van der Waals surface area contributed by atoms with E-state index >= 15 is 0 Å². The number of aryl methyl sites for hydroxylation is 1. The van der Waals surface area contributed by atoms with E-state index in [1.54, 1.807) is 25.4 Å². The van der Waals surface area contributed by atoms with Crippen LogP contribution in [-0.2, 0) is 9.53 Å². The number of hydrogen-bond donors (Lipinski definition) is 1. The van der Waals surface area contributed by atoms with Crippen molar-refractivity contribution in [2.75, 3.05) is 50.1 Å². The third-order valence-electron chi connectivity index (χ3n) is 4.39. The summed E-state index contributed by atoms with van der Waals surface area (Å²) in [4.78, 5) is 33.0. The van der Waals surface area contributed by atoms with E-state index in [0.717, 1.165) is 5.56 Å². The van der Waals surface area contributed by atoms with Gasteiger partial charge in [-0.05, 0) is 31.2 Å². The van der Waals surface area contributed by atoms with Gasteiger partial charge < -0.3 is 19.9 Å². The molecule has 0 spiro atoms. The van der Waals surface area contributed by atoms with Crippen LogP contribution in [0.15, 0.2) is 42.6 Å². The van der Waals surface area contributed by atoms with Crippen LogP contribution in [0.1, 0.15) is 15.9 Å². The quantitative estimate of drug-likeness (QED) is 0.873. The molecule has 1 N–H and O–H groups in total. The first kappa shape index (κ1) is 18.8. The largest absolute Gasteiger partial charge is 0.378 e. The molecule has 7 heteroatoms. The van der Waals surface area contributed by atoms with Crippen molar-refractivity contribution in [3.63, 3.8) is 0 Å².